The van der Waals surface area contributed by atoms with E-state index >= 15 is 0 Å². The van der Waals surface area contributed by atoms with E-state index in [1.165, 1.54) is 24.3 Å². The molecule has 0 saturated carbocycles. The lowest BCUT2D eigenvalue weighted by Gasteiger charge is -2.19. The molecule has 0 bridgehead atoms. The fraction of sp³-hybridized carbons (Fsp3) is 0.0909. The zero-order valence-corrected chi connectivity index (χ0v) is 20.2. The Balaban J connectivity index is 2.05. The van der Waals surface area contributed by atoms with Gasteiger partial charge < -0.3 is 10.4 Å². The molecule has 4 nitrogen and oxygen atoms in total. The molecule has 2 N–H and O–H groups in total. The van der Waals surface area contributed by atoms with Gasteiger partial charge in [-0.1, -0.05) is 70.1 Å². The quantitative estimate of drug-likeness (QED) is 0.310. The molecule has 12 heteroatoms. The number of halogens is 8. The number of rotatable bonds is 4. The predicted molar refractivity (Wildman–Crippen MR) is 126 cm³/mol. The first kappa shape index (κ1) is 26.3. The Bertz CT molecular complexity index is 1340. The second-order valence-electron chi connectivity index (χ2n) is 6.86. The van der Waals surface area contributed by atoms with Crippen molar-refractivity contribution in [1.82, 2.24) is 0 Å². The lowest BCUT2D eigenvalue weighted by molar-refractivity contribution is -0.138. The van der Waals surface area contributed by atoms with Gasteiger partial charge in [0.25, 0.3) is 5.91 Å². The van der Waals surface area contributed by atoms with Gasteiger partial charge in [0.2, 0.25) is 0 Å². The number of benzene rings is 3. The molecule has 1 amide bonds. The van der Waals surface area contributed by atoms with Gasteiger partial charge in [0.1, 0.15) is 10.8 Å². The number of aromatic hydroxyl groups is 1. The van der Waals surface area contributed by atoms with Gasteiger partial charge in [0, 0.05) is 15.7 Å². The molecule has 3 aromatic rings. The molecule has 0 fully saturated rings. The van der Waals surface area contributed by atoms with Crippen LogP contribution < -0.4 is 5.32 Å². The fourth-order valence-corrected chi connectivity index (χ4v) is 4.25. The van der Waals surface area contributed by atoms with Crippen molar-refractivity contribution >= 4 is 69.6 Å². The summed E-state index contributed by atoms with van der Waals surface area (Å²) >= 11 is 29.5. The molecule has 0 heterocycles. The number of hydrogen-bond donors (Lipinski definition) is 2. The van der Waals surface area contributed by atoms with Crippen LogP contribution in [0.4, 0.5) is 18.9 Å². The molecule has 1 unspecified atom stereocenters. The number of carbonyl (C=O) groups is 1. The van der Waals surface area contributed by atoms with E-state index in [-0.39, 0.29) is 41.9 Å². The Morgan fingerprint density at radius 3 is 2.18 bits per heavy atom. The molecule has 0 saturated heterocycles. The van der Waals surface area contributed by atoms with E-state index in [1.807, 2.05) is 6.07 Å². The highest BCUT2D eigenvalue weighted by Gasteiger charge is 2.36. The molecule has 0 aliphatic rings. The number of carbonyl (C=O) groups excluding carboxylic acids is 1. The van der Waals surface area contributed by atoms with Crippen LogP contribution in [0, 0.1) is 11.3 Å². The first-order valence-corrected chi connectivity index (χ1v) is 11.0. The molecule has 3 rings (SSSR count). The van der Waals surface area contributed by atoms with E-state index in [0.717, 1.165) is 12.1 Å². The van der Waals surface area contributed by atoms with Crippen molar-refractivity contribution in [2.75, 3.05) is 5.32 Å². The van der Waals surface area contributed by atoms with Gasteiger partial charge in [0.15, 0.2) is 0 Å². The van der Waals surface area contributed by atoms with Crippen LogP contribution in [0.25, 0.3) is 0 Å². The monoisotopic (exact) mass is 566 g/mol. The number of amides is 1. The van der Waals surface area contributed by atoms with Crippen LogP contribution in [0.15, 0.2) is 42.5 Å². The van der Waals surface area contributed by atoms with Crippen molar-refractivity contribution in [3.05, 3.63) is 89.8 Å². The Hall–Kier alpha value is -2.34. The predicted octanol–water partition coefficient (Wildman–Crippen LogP) is 8.59. The van der Waals surface area contributed by atoms with Crippen molar-refractivity contribution in [2.45, 2.75) is 12.1 Å². The second kappa shape index (κ2) is 10.1. The third-order valence-corrected chi connectivity index (χ3v) is 6.53. The van der Waals surface area contributed by atoms with Crippen LogP contribution in [-0.4, -0.2) is 11.0 Å². The first-order valence-electron chi connectivity index (χ1n) is 9.08. The van der Waals surface area contributed by atoms with Crippen LogP contribution in [0.1, 0.15) is 33.0 Å². The zero-order valence-electron chi connectivity index (χ0n) is 16.4. The molecular weight excluding hydrogens is 559 g/mol. The number of phenolic OH excluding ortho intramolecular Hbond substituents is 1. The lowest BCUT2D eigenvalue weighted by atomic mass is 9.88. The molecule has 34 heavy (non-hydrogen) atoms. The Labute approximate surface area is 216 Å². The van der Waals surface area contributed by atoms with Gasteiger partial charge in [-0.3, -0.25) is 4.79 Å². The highest BCUT2D eigenvalue weighted by atomic mass is 35.5. The molecule has 1 atom stereocenters. The third-order valence-electron chi connectivity index (χ3n) is 4.71. The van der Waals surface area contributed by atoms with Crippen LogP contribution in [0.3, 0.4) is 0 Å². The zero-order chi connectivity index (χ0) is 25.4. The van der Waals surface area contributed by atoms with Gasteiger partial charge in [0.05, 0.1) is 33.2 Å². The Kier molecular flexibility index (Phi) is 7.81. The maximum absolute atomic E-state index is 13.9. The van der Waals surface area contributed by atoms with Gasteiger partial charge in [-0.2, -0.15) is 18.4 Å². The normalized spacial score (nSPS) is 12.2. The van der Waals surface area contributed by atoms with Gasteiger partial charge in [-0.25, -0.2) is 0 Å². The Morgan fingerprint density at radius 2 is 1.59 bits per heavy atom. The van der Waals surface area contributed by atoms with Crippen molar-refractivity contribution in [2.24, 2.45) is 0 Å². The van der Waals surface area contributed by atoms with Crippen molar-refractivity contribution in [3.63, 3.8) is 0 Å². The summed E-state index contributed by atoms with van der Waals surface area (Å²) in [5.74, 6) is -3.05. The van der Waals surface area contributed by atoms with E-state index in [9.17, 15) is 28.3 Å². The number of nitrogens with zero attached hydrogens (tertiary/aromatic N) is 1. The van der Waals surface area contributed by atoms with E-state index in [0.29, 0.717) is 6.07 Å². The van der Waals surface area contributed by atoms with E-state index in [1.54, 1.807) is 0 Å². The van der Waals surface area contributed by atoms with Crippen molar-refractivity contribution < 1.29 is 23.1 Å². The minimum absolute atomic E-state index is 0.0246. The van der Waals surface area contributed by atoms with E-state index in [2.05, 4.69) is 5.32 Å². The van der Waals surface area contributed by atoms with E-state index in [4.69, 9.17) is 58.0 Å². The third kappa shape index (κ3) is 5.32. The minimum atomic E-state index is -4.88. The number of alkyl halides is 3. The second-order valence-corrected chi connectivity index (χ2v) is 8.87. The molecule has 0 spiro atoms. The highest BCUT2D eigenvalue weighted by molar-refractivity contribution is 6.49. The number of phenols is 1. The smallest absolute Gasteiger partial charge is 0.416 e. The molecule has 0 radical (unpaired) electrons. The maximum Gasteiger partial charge on any atom is 0.416 e. The molecule has 176 valence electrons. The van der Waals surface area contributed by atoms with Crippen molar-refractivity contribution in [3.8, 4) is 11.8 Å². The van der Waals surface area contributed by atoms with Crippen LogP contribution in [0.5, 0.6) is 5.75 Å². The standard InChI is InChI=1S/C22H10Cl5F3N2O2/c23-9-1-3-12(16(24)5-9)14(8-31)11-4-2-10(6-15(11)22(28,29)30)32-21(34)13-7-17(25)18(26)19(27)20(13)33/h1-7,14,33H,(H,32,34). The molecule has 0 aromatic heterocycles. The molecule has 0 aliphatic heterocycles. The topological polar surface area (TPSA) is 73.1 Å². The Morgan fingerprint density at radius 1 is 0.941 bits per heavy atom. The summed E-state index contributed by atoms with van der Waals surface area (Å²) in [4.78, 5) is 12.6. The maximum atomic E-state index is 13.9. The summed E-state index contributed by atoms with van der Waals surface area (Å²) in [6.45, 7) is 0. The molecule has 3 aromatic carbocycles. The minimum Gasteiger partial charge on any atom is -0.505 e. The first-order chi connectivity index (χ1) is 15.8. The van der Waals surface area contributed by atoms with E-state index < -0.39 is 34.9 Å². The molecule has 0 aliphatic carbocycles. The molecular formula is C22H10Cl5F3N2O2. The average molecular weight is 569 g/mol. The SMILES string of the molecule is N#CC(c1ccc(Cl)cc1Cl)c1ccc(NC(=O)c2cc(Cl)c(Cl)c(Cl)c2O)cc1C(F)(F)F. The van der Waals surface area contributed by atoms with Crippen LogP contribution in [0.2, 0.25) is 25.1 Å². The summed E-state index contributed by atoms with van der Waals surface area (Å²) in [6, 6.07) is 9.83. The van der Waals surface area contributed by atoms with Crippen molar-refractivity contribution in [1.29, 1.82) is 5.26 Å². The largest absolute Gasteiger partial charge is 0.505 e. The van der Waals surface area contributed by atoms with Gasteiger partial charge in [-0.05, 0) is 41.5 Å². The highest BCUT2D eigenvalue weighted by Crippen LogP contribution is 2.42. The van der Waals surface area contributed by atoms with Gasteiger partial charge in [-0.15, -0.1) is 0 Å². The lowest BCUT2D eigenvalue weighted by Crippen LogP contribution is -2.16. The summed E-state index contributed by atoms with van der Waals surface area (Å²) < 4.78 is 41.7. The number of anilines is 1. The van der Waals surface area contributed by atoms with Gasteiger partial charge >= 0.3 is 6.18 Å². The summed E-state index contributed by atoms with van der Waals surface area (Å²) in [7, 11) is 0. The summed E-state index contributed by atoms with van der Waals surface area (Å²) in [5, 5.41) is 21.5. The number of hydrogen-bond acceptors (Lipinski definition) is 3. The number of nitrogens with one attached hydrogen (secondary N) is 1. The average Bonchev–Trinajstić information content (AvgIpc) is 2.76. The van der Waals surface area contributed by atoms with Crippen LogP contribution >= 0.6 is 58.0 Å². The van der Waals surface area contributed by atoms with Crippen LogP contribution in [-0.2, 0) is 6.18 Å². The number of nitriles is 1. The fourth-order valence-electron chi connectivity index (χ4n) is 3.13. The summed E-state index contributed by atoms with van der Waals surface area (Å²) in [6.07, 6.45) is -4.88. The summed E-state index contributed by atoms with van der Waals surface area (Å²) in [5.41, 5.74) is -2.08.